The third kappa shape index (κ3) is 2.33. The Morgan fingerprint density at radius 3 is 2.71 bits per heavy atom. The first-order valence-corrected chi connectivity index (χ1v) is 9.40. The summed E-state index contributed by atoms with van der Waals surface area (Å²) in [6.07, 6.45) is -2.12. The molecule has 0 amide bonds. The van der Waals surface area contributed by atoms with Crippen LogP contribution in [0.15, 0.2) is 16.7 Å². The zero-order valence-corrected chi connectivity index (χ0v) is 16.1. The highest BCUT2D eigenvalue weighted by atomic mass is 32.2. The Balaban J connectivity index is 2.05. The fourth-order valence-electron chi connectivity index (χ4n) is 3.90. The Labute approximate surface area is 162 Å². The minimum Gasteiger partial charge on any atom is -0.495 e. The number of hydrogen-bond donors (Lipinski definition) is 1. The normalized spacial score (nSPS) is 28.2. The maximum Gasteiger partial charge on any atom is 0.322 e. The van der Waals surface area contributed by atoms with Gasteiger partial charge in [-0.3, -0.25) is 4.79 Å². The molecule has 1 saturated heterocycles. The lowest BCUT2D eigenvalue weighted by molar-refractivity contribution is -0.150. The van der Waals surface area contributed by atoms with Crippen molar-refractivity contribution in [3.8, 4) is 17.2 Å². The van der Waals surface area contributed by atoms with E-state index in [1.165, 1.54) is 20.5 Å². The molecule has 1 fully saturated rings. The molecule has 0 unspecified atom stereocenters. The SMILES string of the molecule is CCOC(=O)[C@H]1S[C@@]2(C(F)F)C[C@@]1(O)c1c(c(OC)c3occc3c1OC)O2. The molecule has 0 radical (unpaired) electrons. The number of fused-ring (bicyclic) bond motifs is 5. The number of rotatable bonds is 5. The summed E-state index contributed by atoms with van der Waals surface area (Å²) in [7, 11) is 2.70. The molecule has 0 saturated carbocycles. The van der Waals surface area contributed by atoms with Gasteiger partial charge in [-0.2, -0.15) is 0 Å². The second-order valence-corrected chi connectivity index (χ2v) is 7.90. The summed E-state index contributed by atoms with van der Waals surface area (Å²) in [4.78, 5) is 10.4. The highest BCUT2D eigenvalue weighted by Gasteiger charge is 2.69. The fourth-order valence-corrected chi connectivity index (χ4v) is 5.40. The number of furan rings is 1. The van der Waals surface area contributed by atoms with E-state index in [2.05, 4.69) is 0 Å². The van der Waals surface area contributed by atoms with Gasteiger partial charge in [-0.1, -0.05) is 11.8 Å². The summed E-state index contributed by atoms with van der Waals surface area (Å²) >= 11 is 0.549. The number of carbonyl (C=O) groups is 1. The number of aliphatic hydroxyl groups is 1. The summed E-state index contributed by atoms with van der Waals surface area (Å²) < 4.78 is 55.1. The molecule has 0 spiro atoms. The van der Waals surface area contributed by atoms with E-state index in [0.29, 0.717) is 17.1 Å². The number of halogens is 2. The molecule has 10 heteroatoms. The fraction of sp³-hybridized carbons (Fsp3) is 0.500. The highest BCUT2D eigenvalue weighted by Crippen LogP contribution is 2.66. The maximum atomic E-state index is 14.1. The molecule has 1 N–H and O–H groups in total. The average Bonchev–Trinajstić information content (AvgIpc) is 3.22. The number of carbonyl (C=O) groups excluding carboxylic acids is 1. The van der Waals surface area contributed by atoms with E-state index in [1.807, 2.05) is 0 Å². The Morgan fingerprint density at radius 1 is 1.39 bits per heavy atom. The van der Waals surface area contributed by atoms with Gasteiger partial charge in [0.25, 0.3) is 6.43 Å². The molecule has 2 aliphatic rings. The van der Waals surface area contributed by atoms with Crippen molar-refractivity contribution in [1.82, 2.24) is 0 Å². The lowest BCUT2D eigenvalue weighted by atomic mass is 9.81. The summed E-state index contributed by atoms with van der Waals surface area (Å²) in [5.74, 6) is -0.719. The Bertz CT molecular complexity index is 946. The Kier molecular flexibility index (Phi) is 4.38. The summed E-state index contributed by atoms with van der Waals surface area (Å²) in [5, 5.41) is 10.7. The van der Waals surface area contributed by atoms with Crippen LogP contribution < -0.4 is 14.2 Å². The van der Waals surface area contributed by atoms with E-state index in [1.54, 1.807) is 13.0 Å². The van der Waals surface area contributed by atoms with E-state index in [-0.39, 0.29) is 35.0 Å². The van der Waals surface area contributed by atoms with Crippen LogP contribution in [0.3, 0.4) is 0 Å². The van der Waals surface area contributed by atoms with Crippen LogP contribution in [0.4, 0.5) is 8.78 Å². The smallest absolute Gasteiger partial charge is 0.322 e. The van der Waals surface area contributed by atoms with Crippen molar-refractivity contribution < 1.29 is 42.0 Å². The van der Waals surface area contributed by atoms with Crippen molar-refractivity contribution in [3.05, 3.63) is 17.9 Å². The Hall–Kier alpha value is -2.20. The number of thioether (sulfide) groups is 1. The minimum atomic E-state index is -2.99. The molecular weight excluding hydrogens is 398 g/mol. The van der Waals surface area contributed by atoms with Gasteiger partial charge in [-0.15, -0.1) is 0 Å². The standard InChI is InChI=1S/C18H18F2O7S/c1-4-25-15(21)14-17(22)7-18(28-14,16(19)20)27-12-9(17)10(23-2)8-5-6-26-11(8)13(12)24-3/h5-6,14,16,22H,4,7H2,1-3H3/t14-,17-,18-/m1/s1. The third-order valence-corrected chi connectivity index (χ3v) is 6.62. The van der Waals surface area contributed by atoms with Crippen LogP contribution in [-0.4, -0.2) is 48.5 Å². The molecule has 152 valence electrons. The summed E-state index contributed by atoms with van der Waals surface area (Å²) in [6.45, 7) is 1.64. The molecule has 4 rings (SSSR count). The van der Waals surface area contributed by atoms with E-state index < -0.39 is 34.6 Å². The van der Waals surface area contributed by atoms with Crippen molar-refractivity contribution >= 4 is 28.7 Å². The molecule has 3 heterocycles. The molecule has 2 aromatic rings. The number of methoxy groups -OCH3 is 2. The van der Waals surface area contributed by atoms with Crippen molar-refractivity contribution in [1.29, 1.82) is 0 Å². The van der Waals surface area contributed by atoms with Crippen LogP contribution in [0.5, 0.6) is 17.2 Å². The van der Waals surface area contributed by atoms with Crippen LogP contribution in [0, 0.1) is 0 Å². The van der Waals surface area contributed by atoms with Gasteiger partial charge in [0.05, 0.1) is 38.0 Å². The van der Waals surface area contributed by atoms with E-state index in [9.17, 15) is 18.7 Å². The second kappa shape index (κ2) is 6.41. The first kappa shape index (κ1) is 19.1. The maximum absolute atomic E-state index is 14.1. The van der Waals surface area contributed by atoms with Gasteiger partial charge in [-0.25, -0.2) is 8.78 Å². The van der Waals surface area contributed by atoms with Gasteiger partial charge in [0, 0.05) is 6.42 Å². The monoisotopic (exact) mass is 416 g/mol. The predicted molar refractivity (Wildman–Crippen MR) is 95.2 cm³/mol. The van der Waals surface area contributed by atoms with Gasteiger partial charge in [0.1, 0.15) is 16.6 Å². The van der Waals surface area contributed by atoms with Crippen LogP contribution >= 0.6 is 11.8 Å². The molecule has 3 atom stereocenters. The molecule has 2 aliphatic heterocycles. The second-order valence-electron chi connectivity index (χ2n) is 6.50. The molecule has 0 aliphatic carbocycles. The molecule has 7 nitrogen and oxygen atoms in total. The largest absolute Gasteiger partial charge is 0.495 e. The van der Waals surface area contributed by atoms with E-state index in [0.717, 1.165) is 0 Å². The van der Waals surface area contributed by atoms with E-state index in [4.69, 9.17) is 23.4 Å². The molecule has 1 aromatic carbocycles. The average molecular weight is 416 g/mol. The topological polar surface area (TPSA) is 87.4 Å². The van der Waals surface area contributed by atoms with Crippen molar-refractivity contribution in [2.45, 2.75) is 35.6 Å². The van der Waals surface area contributed by atoms with Crippen LogP contribution in [-0.2, 0) is 15.1 Å². The summed E-state index contributed by atoms with van der Waals surface area (Å²) in [6, 6.07) is 1.59. The van der Waals surface area contributed by atoms with Crippen LogP contribution in [0.2, 0.25) is 0 Å². The van der Waals surface area contributed by atoms with E-state index >= 15 is 0 Å². The number of alkyl halides is 2. The number of hydrogen-bond acceptors (Lipinski definition) is 8. The molecule has 2 bridgehead atoms. The first-order chi connectivity index (χ1) is 13.3. The van der Waals surface area contributed by atoms with Crippen LogP contribution in [0.25, 0.3) is 11.0 Å². The third-order valence-electron chi connectivity index (χ3n) is 4.99. The first-order valence-electron chi connectivity index (χ1n) is 8.52. The van der Waals surface area contributed by atoms with Gasteiger partial charge in [0.15, 0.2) is 11.3 Å². The van der Waals surface area contributed by atoms with Gasteiger partial charge >= 0.3 is 5.97 Å². The Morgan fingerprint density at radius 2 is 2.11 bits per heavy atom. The van der Waals surface area contributed by atoms with Gasteiger partial charge in [0.2, 0.25) is 10.7 Å². The number of esters is 1. The molecular formula is C18H18F2O7S. The zero-order chi connectivity index (χ0) is 20.3. The predicted octanol–water partition coefficient (Wildman–Crippen LogP) is 3.06. The van der Waals surface area contributed by atoms with Gasteiger partial charge in [-0.05, 0) is 13.0 Å². The van der Waals surface area contributed by atoms with Crippen molar-refractivity contribution in [2.75, 3.05) is 20.8 Å². The number of benzene rings is 1. The highest BCUT2D eigenvalue weighted by molar-refractivity contribution is 8.02. The van der Waals surface area contributed by atoms with Crippen LogP contribution in [0.1, 0.15) is 18.9 Å². The lowest BCUT2D eigenvalue weighted by Crippen LogP contribution is -2.46. The van der Waals surface area contributed by atoms with Crippen molar-refractivity contribution in [3.63, 3.8) is 0 Å². The molecule has 1 aromatic heterocycles. The molecule has 28 heavy (non-hydrogen) atoms. The summed E-state index contributed by atoms with van der Waals surface area (Å²) in [5.41, 5.74) is -1.71. The number of ether oxygens (including phenoxy) is 4. The lowest BCUT2D eigenvalue weighted by Gasteiger charge is -2.38. The zero-order valence-electron chi connectivity index (χ0n) is 15.3. The quantitative estimate of drug-likeness (QED) is 0.745. The minimum absolute atomic E-state index is 0.0442. The van der Waals surface area contributed by atoms with Crippen molar-refractivity contribution in [2.24, 2.45) is 0 Å². The van der Waals surface area contributed by atoms with Gasteiger partial charge < -0.3 is 28.5 Å².